The van der Waals surface area contributed by atoms with Gasteiger partial charge in [-0.15, -0.1) is 0 Å². The second-order valence-corrected chi connectivity index (χ2v) is 7.47. The predicted molar refractivity (Wildman–Crippen MR) is 76.6 cm³/mol. The molecule has 0 aliphatic heterocycles. The van der Waals surface area contributed by atoms with Crippen molar-refractivity contribution in [1.82, 2.24) is 0 Å². The Kier molecular flexibility index (Phi) is 11.5. The highest BCUT2D eigenvalue weighted by Gasteiger charge is 2.39. The quantitative estimate of drug-likeness (QED) is 0.359. The molecule has 0 N–H and O–H groups in total. The van der Waals surface area contributed by atoms with E-state index in [1.807, 2.05) is 32.5 Å². The molecule has 0 amide bonds. The van der Waals surface area contributed by atoms with Gasteiger partial charge in [-0.1, -0.05) is 0 Å². The SMILES string of the molecule is CCO[Si](CCSCCS)(OCC)OCC. The molecular formula is C10H24O3S2Si. The summed E-state index contributed by atoms with van der Waals surface area (Å²) in [5, 5.41) is 0. The van der Waals surface area contributed by atoms with Crippen molar-refractivity contribution < 1.29 is 13.3 Å². The Balaban J connectivity index is 4.12. The van der Waals surface area contributed by atoms with Gasteiger partial charge in [-0.05, 0) is 32.3 Å². The van der Waals surface area contributed by atoms with Gasteiger partial charge in [-0.2, -0.15) is 24.4 Å². The third-order valence-electron chi connectivity index (χ3n) is 1.88. The molecule has 0 aromatic carbocycles. The van der Waals surface area contributed by atoms with Gasteiger partial charge in [0.25, 0.3) is 0 Å². The average Bonchev–Trinajstić information content (AvgIpc) is 2.26. The highest BCUT2D eigenvalue weighted by molar-refractivity contribution is 8.00. The smallest absolute Gasteiger partial charge is 0.374 e. The van der Waals surface area contributed by atoms with Gasteiger partial charge in [0.1, 0.15) is 0 Å². The number of hydrogen-bond acceptors (Lipinski definition) is 5. The third-order valence-corrected chi connectivity index (χ3v) is 6.80. The fourth-order valence-electron chi connectivity index (χ4n) is 1.37. The maximum absolute atomic E-state index is 5.75. The van der Waals surface area contributed by atoms with Gasteiger partial charge in [0.05, 0.1) is 0 Å². The van der Waals surface area contributed by atoms with E-state index in [9.17, 15) is 0 Å². The molecule has 0 atom stereocenters. The summed E-state index contributed by atoms with van der Waals surface area (Å²) in [6.45, 7) is 7.93. The number of hydrogen-bond donors (Lipinski definition) is 1. The van der Waals surface area contributed by atoms with E-state index in [2.05, 4.69) is 12.6 Å². The van der Waals surface area contributed by atoms with Gasteiger partial charge < -0.3 is 13.3 Å². The van der Waals surface area contributed by atoms with Crippen molar-refractivity contribution in [2.24, 2.45) is 0 Å². The molecule has 16 heavy (non-hydrogen) atoms. The molecule has 6 heteroatoms. The second-order valence-electron chi connectivity index (χ2n) is 3.07. The predicted octanol–water partition coefficient (Wildman–Crippen LogP) is 2.70. The van der Waals surface area contributed by atoms with Crippen molar-refractivity contribution in [3.8, 4) is 0 Å². The maximum atomic E-state index is 5.75. The number of thioether (sulfide) groups is 1. The van der Waals surface area contributed by atoms with Gasteiger partial charge >= 0.3 is 8.80 Å². The van der Waals surface area contributed by atoms with Gasteiger partial charge in [0.15, 0.2) is 0 Å². The Labute approximate surface area is 110 Å². The van der Waals surface area contributed by atoms with Gasteiger partial charge in [-0.3, -0.25) is 0 Å². The van der Waals surface area contributed by atoms with Crippen LogP contribution in [-0.4, -0.2) is 45.9 Å². The van der Waals surface area contributed by atoms with Crippen LogP contribution in [0.15, 0.2) is 0 Å². The van der Waals surface area contributed by atoms with E-state index in [1.165, 1.54) is 0 Å². The topological polar surface area (TPSA) is 27.7 Å². The van der Waals surface area contributed by atoms with Gasteiger partial charge in [0.2, 0.25) is 0 Å². The average molecular weight is 285 g/mol. The fraction of sp³-hybridized carbons (Fsp3) is 1.00. The van der Waals surface area contributed by atoms with E-state index in [-0.39, 0.29) is 0 Å². The van der Waals surface area contributed by atoms with Crippen molar-refractivity contribution in [3.05, 3.63) is 0 Å². The zero-order valence-electron chi connectivity index (χ0n) is 10.5. The summed E-state index contributed by atoms with van der Waals surface area (Å²) >= 11 is 6.06. The van der Waals surface area contributed by atoms with E-state index in [0.29, 0.717) is 19.8 Å². The maximum Gasteiger partial charge on any atom is 0.501 e. The highest BCUT2D eigenvalue weighted by Crippen LogP contribution is 2.19. The van der Waals surface area contributed by atoms with Crippen LogP contribution in [-0.2, 0) is 13.3 Å². The van der Waals surface area contributed by atoms with Crippen molar-refractivity contribution in [2.75, 3.05) is 37.1 Å². The molecule has 0 saturated carbocycles. The van der Waals surface area contributed by atoms with E-state index >= 15 is 0 Å². The molecule has 0 heterocycles. The van der Waals surface area contributed by atoms with Crippen LogP contribution in [0.25, 0.3) is 0 Å². The van der Waals surface area contributed by atoms with Crippen LogP contribution in [0.1, 0.15) is 20.8 Å². The molecule has 0 aromatic heterocycles. The van der Waals surface area contributed by atoms with Crippen molar-refractivity contribution in [2.45, 2.75) is 26.8 Å². The zero-order valence-corrected chi connectivity index (χ0v) is 13.2. The molecule has 3 nitrogen and oxygen atoms in total. The van der Waals surface area contributed by atoms with Crippen LogP contribution in [0.3, 0.4) is 0 Å². The first kappa shape index (κ1) is 16.8. The molecule has 0 aliphatic carbocycles. The van der Waals surface area contributed by atoms with Gasteiger partial charge in [-0.25, -0.2) is 0 Å². The Bertz CT molecular complexity index is 144. The van der Waals surface area contributed by atoms with E-state index in [4.69, 9.17) is 13.3 Å². The zero-order chi connectivity index (χ0) is 12.3. The first-order valence-electron chi connectivity index (χ1n) is 5.85. The molecule has 0 aliphatic rings. The second kappa shape index (κ2) is 10.9. The summed E-state index contributed by atoms with van der Waals surface area (Å²) in [6, 6.07) is 0.890. The summed E-state index contributed by atoms with van der Waals surface area (Å²) < 4.78 is 17.3. The lowest BCUT2D eigenvalue weighted by molar-refractivity contribution is 0.0728. The minimum atomic E-state index is -2.39. The van der Waals surface area contributed by atoms with Crippen LogP contribution >= 0.6 is 24.4 Å². The summed E-state index contributed by atoms with van der Waals surface area (Å²) in [6.07, 6.45) is 0. The van der Waals surface area contributed by atoms with Crippen molar-refractivity contribution in [1.29, 1.82) is 0 Å². The largest absolute Gasteiger partial charge is 0.501 e. The molecule has 98 valence electrons. The van der Waals surface area contributed by atoms with E-state index in [1.54, 1.807) is 0 Å². The van der Waals surface area contributed by atoms with Crippen LogP contribution in [0, 0.1) is 0 Å². The minimum absolute atomic E-state index is 0.656. The molecule has 0 bridgehead atoms. The Morgan fingerprint density at radius 1 is 0.938 bits per heavy atom. The summed E-state index contributed by atoms with van der Waals surface area (Å²) in [4.78, 5) is 0. The van der Waals surface area contributed by atoms with E-state index < -0.39 is 8.80 Å². The van der Waals surface area contributed by atoms with Gasteiger partial charge in [0, 0.05) is 31.6 Å². The number of rotatable bonds is 11. The summed E-state index contributed by atoms with van der Waals surface area (Å²) in [5.74, 6) is 3.00. The minimum Gasteiger partial charge on any atom is -0.374 e. The summed E-state index contributed by atoms with van der Waals surface area (Å²) in [5.41, 5.74) is 0. The summed E-state index contributed by atoms with van der Waals surface area (Å²) in [7, 11) is -2.39. The fourth-order valence-corrected chi connectivity index (χ4v) is 5.67. The molecule has 0 spiro atoms. The first-order valence-corrected chi connectivity index (χ1v) is 9.57. The van der Waals surface area contributed by atoms with E-state index in [0.717, 1.165) is 23.3 Å². The third kappa shape index (κ3) is 7.19. The number of thiol groups is 1. The van der Waals surface area contributed by atoms with Crippen molar-refractivity contribution >= 4 is 33.2 Å². The highest BCUT2D eigenvalue weighted by atomic mass is 32.2. The molecule has 0 fully saturated rings. The normalized spacial score (nSPS) is 12.0. The molecule has 0 rings (SSSR count). The Hall–Kier alpha value is 0.797. The van der Waals surface area contributed by atoms with Crippen LogP contribution in [0.2, 0.25) is 6.04 Å². The lowest BCUT2D eigenvalue weighted by atomic mass is 10.9. The monoisotopic (exact) mass is 284 g/mol. The molecule has 0 saturated heterocycles. The molecule has 0 radical (unpaired) electrons. The first-order chi connectivity index (χ1) is 7.74. The molecule has 0 aromatic rings. The van der Waals surface area contributed by atoms with Crippen molar-refractivity contribution in [3.63, 3.8) is 0 Å². The molecular weight excluding hydrogens is 260 g/mol. The lowest BCUT2D eigenvalue weighted by Crippen LogP contribution is -2.46. The Morgan fingerprint density at radius 2 is 1.44 bits per heavy atom. The molecule has 0 unspecified atom stereocenters. The van der Waals surface area contributed by atoms with Crippen LogP contribution < -0.4 is 0 Å². The van der Waals surface area contributed by atoms with Crippen LogP contribution in [0.4, 0.5) is 0 Å². The lowest BCUT2D eigenvalue weighted by Gasteiger charge is -2.28. The Morgan fingerprint density at radius 3 is 1.81 bits per heavy atom. The standard InChI is InChI=1S/C10H24O3S2Si/c1-4-11-16(12-5-2,13-6-3)10-9-15-8-7-14/h14H,4-10H2,1-3H3. The van der Waals surface area contributed by atoms with Crippen LogP contribution in [0.5, 0.6) is 0 Å².